The van der Waals surface area contributed by atoms with Crippen LogP contribution in [0.5, 0.6) is 0 Å². The topological polar surface area (TPSA) is 93.5 Å². The van der Waals surface area contributed by atoms with Gasteiger partial charge in [-0.05, 0) is 37.7 Å². The molecule has 2 aliphatic carbocycles. The van der Waals surface area contributed by atoms with E-state index in [1.54, 1.807) is 12.1 Å². The molecule has 0 unspecified atom stereocenters. The van der Waals surface area contributed by atoms with Crippen molar-refractivity contribution in [1.29, 1.82) is 0 Å². The van der Waals surface area contributed by atoms with Crippen molar-refractivity contribution in [3.8, 4) is 0 Å². The quantitative estimate of drug-likeness (QED) is 0.409. The third-order valence-corrected chi connectivity index (χ3v) is 5.25. The number of alkyl carbamates (subject to hydrolysis) is 1. The van der Waals surface area contributed by atoms with E-state index >= 15 is 0 Å². The molecule has 0 saturated heterocycles. The third-order valence-electron chi connectivity index (χ3n) is 4.83. The van der Waals surface area contributed by atoms with E-state index in [1.807, 2.05) is 0 Å². The highest BCUT2D eigenvalue weighted by Crippen LogP contribution is 2.29. The molecule has 2 atom stereocenters. The molecule has 0 aliphatic heterocycles. The average molecular weight is 365 g/mol. The van der Waals surface area contributed by atoms with Crippen LogP contribution in [0.25, 0.3) is 0 Å². The van der Waals surface area contributed by atoms with Gasteiger partial charge in [0.1, 0.15) is 6.10 Å². The number of nitrogens with zero attached hydrogens (tertiary/aromatic N) is 1. The summed E-state index contributed by atoms with van der Waals surface area (Å²) < 4.78 is 5.47. The van der Waals surface area contributed by atoms with Crippen molar-refractivity contribution in [2.75, 3.05) is 0 Å². The van der Waals surface area contributed by atoms with Crippen molar-refractivity contribution >= 4 is 24.4 Å². The highest BCUT2D eigenvalue weighted by Gasteiger charge is 2.32. The first-order valence-corrected chi connectivity index (χ1v) is 9.13. The lowest BCUT2D eigenvalue weighted by Crippen LogP contribution is -2.46. The monoisotopic (exact) mass is 365 g/mol. The number of nitrogens with one attached hydrogen (secondary N) is 2. The van der Waals surface area contributed by atoms with Crippen LogP contribution in [0.1, 0.15) is 37.7 Å². The Balaban J connectivity index is 1.36. The molecule has 25 heavy (non-hydrogen) atoms. The summed E-state index contributed by atoms with van der Waals surface area (Å²) in [6.45, 7) is 0.288. The number of non-ortho nitro benzene ring substituents is 1. The van der Waals surface area contributed by atoms with Crippen LogP contribution in [0.2, 0.25) is 0 Å². The number of benzene rings is 1. The van der Waals surface area contributed by atoms with Crippen molar-refractivity contribution in [2.24, 2.45) is 0 Å². The molecule has 1 amide bonds. The lowest BCUT2D eigenvalue weighted by molar-refractivity contribution is -0.384. The second-order valence-electron chi connectivity index (χ2n) is 6.80. The van der Waals surface area contributed by atoms with Gasteiger partial charge in [0.05, 0.1) is 4.92 Å². The number of amides is 1. The Hall–Kier alpha value is -1.80. The highest BCUT2D eigenvalue weighted by molar-refractivity contribution is 7.81. The smallest absolute Gasteiger partial charge is 0.407 e. The Morgan fingerprint density at radius 1 is 1.20 bits per heavy atom. The SMILES string of the molecule is O=C(NCc1ccc([N+](=O)[O-])cc1)O[C@H]1CC[C@@H](NC2CC(S)C2)C1. The fourth-order valence-electron chi connectivity index (χ4n) is 3.36. The molecule has 3 rings (SSSR count). The number of carbonyl (C=O) groups is 1. The van der Waals surface area contributed by atoms with Gasteiger partial charge in [0.2, 0.25) is 0 Å². The van der Waals surface area contributed by atoms with Gasteiger partial charge >= 0.3 is 6.09 Å². The Bertz CT molecular complexity index is 619. The first-order valence-electron chi connectivity index (χ1n) is 8.61. The Morgan fingerprint density at radius 3 is 2.56 bits per heavy atom. The number of nitro groups is 1. The van der Waals surface area contributed by atoms with Crippen LogP contribution in [-0.2, 0) is 11.3 Å². The first kappa shape index (κ1) is 18.0. The summed E-state index contributed by atoms with van der Waals surface area (Å²) in [5.74, 6) is 0. The van der Waals surface area contributed by atoms with Gasteiger partial charge in [-0.25, -0.2) is 4.79 Å². The van der Waals surface area contributed by atoms with Crippen LogP contribution < -0.4 is 10.6 Å². The standard InChI is InChI=1S/C17H23N3O4S/c21-17(18-10-11-1-4-14(5-2-11)20(22)23)24-15-6-3-12(7-15)19-13-8-16(25)9-13/h1-2,4-5,12-13,15-16,19,25H,3,6-10H2,(H,18,21)/t12-,13?,15+,16?/m1/s1. The van der Waals surface area contributed by atoms with E-state index in [0.717, 1.165) is 37.7 Å². The maximum absolute atomic E-state index is 11.9. The summed E-state index contributed by atoms with van der Waals surface area (Å²) in [5.41, 5.74) is 0.825. The van der Waals surface area contributed by atoms with Gasteiger partial charge in [-0.1, -0.05) is 12.1 Å². The molecule has 1 aromatic rings. The predicted octanol–water partition coefficient (Wildman–Crippen LogP) is 2.79. The van der Waals surface area contributed by atoms with E-state index in [4.69, 9.17) is 4.74 Å². The minimum atomic E-state index is -0.448. The summed E-state index contributed by atoms with van der Waals surface area (Å²) in [6.07, 6.45) is 4.47. The molecule has 7 nitrogen and oxygen atoms in total. The van der Waals surface area contributed by atoms with Crippen LogP contribution in [0.3, 0.4) is 0 Å². The third kappa shape index (κ3) is 5.09. The zero-order chi connectivity index (χ0) is 17.8. The molecule has 8 heteroatoms. The first-order chi connectivity index (χ1) is 12.0. The minimum Gasteiger partial charge on any atom is -0.446 e. The normalized spacial score (nSPS) is 28.2. The van der Waals surface area contributed by atoms with Crippen LogP contribution in [0.4, 0.5) is 10.5 Å². The molecule has 0 radical (unpaired) electrons. The molecular weight excluding hydrogens is 342 g/mol. The summed E-state index contributed by atoms with van der Waals surface area (Å²) in [7, 11) is 0. The van der Waals surface area contributed by atoms with Gasteiger partial charge in [0.15, 0.2) is 0 Å². The average Bonchev–Trinajstić information content (AvgIpc) is 2.99. The maximum atomic E-state index is 11.9. The predicted molar refractivity (Wildman–Crippen MR) is 96.8 cm³/mol. The molecule has 1 aromatic carbocycles. The van der Waals surface area contributed by atoms with Crippen molar-refractivity contribution in [3.05, 3.63) is 39.9 Å². The number of hydrogen-bond acceptors (Lipinski definition) is 6. The number of carbonyl (C=O) groups excluding carboxylic acids is 1. The molecule has 136 valence electrons. The summed E-state index contributed by atoms with van der Waals surface area (Å²) >= 11 is 4.42. The molecule has 0 bridgehead atoms. The van der Waals surface area contributed by atoms with Crippen LogP contribution in [0, 0.1) is 10.1 Å². The molecule has 2 fully saturated rings. The molecule has 2 saturated carbocycles. The van der Waals surface area contributed by atoms with Crippen LogP contribution in [-0.4, -0.2) is 34.5 Å². The van der Waals surface area contributed by atoms with E-state index in [-0.39, 0.29) is 18.3 Å². The molecule has 2 N–H and O–H groups in total. The fourth-order valence-corrected chi connectivity index (χ4v) is 3.87. The van der Waals surface area contributed by atoms with Crippen molar-refractivity contribution in [1.82, 2.24) is 10.6 Å². The van der Waals surface area contributed by atoms with E-state index in [1.165, 1.54) is 12.1 Å². The summed E-state index contributed by atoms with van der Waals surface area (Å²) in [6, 6.07) is 7.07. The molecule has 0 aromatic heterocycles. The van der Waals surface area contributed by atoms with E-state index < -0.39 is 11.0 Å². The molecular formula is C17H23N3O4S. The number of rotatable bonds is 6. The summed E-state index contributed by atoms with van der Waals surface area (Å²) in [4.78, 5) is 22.1. The zero-order valence-electron chi connectivity index (χ0n) is 13.9. The van der Waals surface area contributed by atoms with Crippen LogP contribution in [0.15, 0.2) is 24.3 Å². The van der Waals surface area contributed by atoms with Crippen molar-refractivity contribution < 1.29 is 14.5 Å². The molecule has 0 spiro atoms. The van der Waals surface area contributed by atoms with Gasteiger partial charge in [-0.3, -0.25) is 10.1 Å². The molecule has 0 heterocycles. The van der Waals surface area contributed by atoms with Crippen molar-refractivity contribution in [2.45, 2.75) is 62.1 Å². The second kappa shape index (κ2) is 8.05. The number of thiol groups is 1. The van der Waals surface area contributed by atoms with Crippen LogP contribution >= 0.6 is 12.6 Å². The maximum Gasteiger partial charge on any atom is 0.407 e. The lowest BCUT2D eigenvalue weighted by atomic mass is 9.91. The molecule has 2 aliphatic rings. The van der Waals surface area contributed by atoms with Gasteiger partial charge in [0, 0.05) is 36.0 Å². The number of hydrogen-bond donors (Lipinski definition) is 3. The van der Waals surface area contributed by atoms with Gasteiger partial charge in [-0.15, -0.1) is 0 Å². The Morgan fingerprint density at radius 2 is 1.92 bits per heavy atom. The summed E-state index contributed by atoms with van der Waals surface area (Å²) in [5, 5.41) is 17.4. The fraction of sp³-hybridized carbons (Fsp3) is 0.588. The zero-order valence-corrected chi connectivity index (χ0v) is 14.8. The van der Waals surface area contributed by atoms with Gasteiger partial charge < -0.3 is 15.4 Å². The van der Waals surface area contributed by atoms with E-state index in [9.17, 15) is 14.9 Å². The Kier molecular flexibility index (Phi) is 5.80. The second-order valence-corrected chi connectivity index (χ2v) is 7.53. The Labute approximate surface area is 152 Å². The largest absolute Gasteiger partial charge is 0.446 e. The number of nitro benzene ring substituents is 1. The van der Waals surface area contributed by atoms with Gasteiger partial charge in [0.25, 0.3) is 5.69 Å². The highest BCUT2D eigenvalue weighted by atomic mass is 32.1. The van der Waals surface area contributed by atoms with E-state index in [2.05, 4.69) is 23.3 Å². The van der Waals surface area contributed by atoms with E-state index in [0.29, 0.717) is 17.3 Å². The lowest BCUT2D eigenvalue weighted by Gasteiger charge is -2.35. The number of ether oxygens (including phenoxy) is 1. The minimum absolute atomic E-state index is 0.0338. The van der Waals surface area contributed by atoms with Gasteiger partial charge in [-0.2, -0.15) is 12.6 Å². The van der Waals surface area contributed by atoms with Crippen molar-refractivity contribution in [3.63, 3.8) is 0 Å².